The van der Waals surface area contributed by atoms with Crippen molar-refractivity contribution in [1.82, 2.24) is 0 Å². The fourth-order valence-electron chi connectivity index (χ4n) is 8.89. The smallest absolute Gasteiger partial charge is 0.306 e. The molecule has 0 aliphatic heterocycles. The largest absolute Gasteiger partial charge is 0.545 e. The van der Waals surface area contributed by atoms with Gasteiger partial charge in [-0.3, -0.25) is 9.59 Å². The zero-order valence-electron chi connectivity index (χ0n) is 46.5. The Morgan fingerprint density at radius 1 is 0.420 bits per heavy atom. The summed E-state index contributed by atoms with van der Waals surface area (Å²) in [5.41, 5.74) is 0. The SMILES string of the molecule is CCCCCCCCCC/C=C\CCCCCCCCCCCCCCCCCCCCCCCCCCCCCC(=O)OC(COC(=O)CCCCCCC)COC(OCC[N+](C)(C)C)C(=O)[O-]. The first-order chi connectivity index (χ1) is 33.6. The van der Waals surface area contributed by atoms with Crippen LogP contribution in [0.15, 0.2) is 12.2 Å². The van der Waals surface area contributed by atoms with Crippen LogP contribution in [0, 0.1) is 0 Å². The van der Waals surface area contributed by atoms with Gasteiger partial charge in [-0.1, -0.05) is 257 Å². The number of hydrogen-bond acceptors (Lipinski definition) is 8. The summed E-state index contributed by atoms with van der Waals surface area (Å²) in [7, 11) is 5.91. The monoisotopic (exact) mass is 978 g/mol. The second-order valence-electron chi connectivity index (χ2n) is 21.6. The predicted octanol–water partition coefficient (Wildman–Crippen LogP) is 16.0. The van der Waals surface area contributed by atoms with E-state index in [1.54, 1.807) is 0 Å². The van der Waals surface area contributed by atoms with E-state index >= 15 is 0 Å². The maximum atomic E-state index is 12.7. The number of nitrogens with zero attached hydrogens (tertiary/aromatic N) is 1. The number of allylic oxidation sites excluding steroid dienone is 2. The van der Waals surface area contributed by atoms with Crippen molar-refractivity contribution >= 4 is 17.9 Å². The van der Waals surface area contributed by atoms with Crippen molar-refractivity contribution in [2.45, 2.75) is 309 Å². The number of carboxylic acid groups (broad SMARTS) is 1. The lowest BCUT2D eigenvalue weighted by molar-refractivity contribution is -0.870. The Hall–Kier alpha value is -1.97. The van der Waals surface area contributed by atoms with E-state index in [1.165, 1.54) is 218 Å². The number of carbonyl (C=O) groups excluding carboxylic acids is 3. The molecule has 0 bridgehead atoms. The maximum absolute atomic E-state index is 12.7. The molecule has 0 saturated heterocycles. The molecule has 0 aliphatic carbocycles. The molecule has 0 aliphatic rings. The topological polar surface area (TPSA) is 111 Å². The minimum atomic E-state index is -1.61. The molecule has 69 heavy (non-hydrogen) atoms. The molecule has 0 fully saturated rings. The number of quaternary nitrogens is 1. The Morgan fingerprint density at radius 2 is 0.739 bits per heavy atom. The molecular weight excluding hydrogens is 863 g/mol. The van der Waals surface area contributed by atoms with Crippen molar-refractivity contribution in [3.05, 3.63) is 12.2 Å². The molecule has 0 aromatic rings. The van der Waals surface area contributed by atoms with Crippen LogP contribution >= 0.6 is 0 Å². The molecule has 0 rings (SSSR count). The molecule has 9 nitrogen and oxygen atoms in total. The lowest BCUT2D eigenvalue weighted by atomic mass is 10.0. The van der Waals surface area contributed by atoms with Crippen molar-refractivity contribution in [2.75, 3.05) is 47.5 Å². The van der Waals surface area contributed by atoms with Crippen LogP contribution in [0.1, 0.15) is 296 Å². The zero-order chi connectivity index (χ0) is 50.6. The van der Waals surface area contributed by atoms with E-state index in [1.807, 2.05) is 21.1 Å². The highest BCUT2D eigenvalue weighted by molar-refractivity contribution is 5.70. The lowest BCUT2D eigenvalue weighted by Crippen LogP contribution is -2.44. The van der Waals surface area contributed by atoms with Gasteiger partial charge in [0.2, 0.25) is 0 Å². The van der Waals surface area contributed by atoms with Crippen molar-refractivity contribution in [2.24, 2.45) is 0 Å². The minimum Gasteiger partial charge on any atom is -0.545 e. The van der Waals surface area contributed by atoms with Gasteiger partial charge in [0.05, 0.1) is 40.3 Å². The highest BCUT2D eigenvalue weighted by Gasteiger charge is 2.22. The molecule has 0 saturated carbocycles. The summed E-state index contributed by atoms with van der Waals surface area (Å²) in [6, 6.07) is 0. The second-order valence-corrected chi connectivity index (χ2v) is 21.6. The number of carbonyl (C=O) groups is 3. The molecule has 0 amide bonds. The third-order valence-electron chi connectivity index (χ3n) is 13.5. The van der Waals surface area contributed by atoms with Crippen LogP contribution < -0.4 is 5.11 Å². The minimum absolute atomic E-state index is 0.152. The zero-order valence-corrected chi connectivity index (χ0v) is 46.5. The van der Waals surface area contributed by atoms with Gasteiger partial charge in [-0.15, -0.1) is 0 Å². The van der Waals surface area contributed by atoms with Crippen molar-refractivity contribution in [1.29, 1.82) is 0 Å². The molecule has 0 N–H and O–H groups in total. The quantitative estimate of drug-likeness (QED) is 0.0195. The van der Waals surface area contributed by atoms with Gasteiger partial charge in [0.25, 0.3) is 0 Å². The van der Waals surface area contributed by atoms with E-state index in [2.05, 4.69) is 26.0 Å². The second kappa shape index (κ2) is 52.4. The Labute approximate surface area is 427 Å². The predicted molar refractivity (Wildman–Crippen MR) is 288 cm³/mol. The van der Waals surface area contributed by atoms with Gasteiger partial charge in [0.15, 0.2) is 12.4 Å². The van der Waals surface area contributed by atoms with Crippen LogP contribution in [-0.4, -0.2) is 82.3 Å². The standard InChI is InChI=1S/C60H115NO8/c1-6-8-10-12-13-14-15-16-17-18-19-20-21-22-23-24-25-26-27-28-29-30-31-32-33-34-35-36-37-38-39-40-41-42-43-44-45-47-49-51-58(63)69-56(54-67-57(62)50-48-46-11-9-7-2)55-68-60(59(64)65)66-53-52-61(3,4)5/h18-19,56,60H,6-17,20-55H2,1-5H3/b19-18-. The van der Waals surface area contributed by atoms with E-state index in [0.717, 1.165) is 51.4 Å². The summed E-state index contributed by atoms with van der Waals surface area (Å²) in [6.07, 6.45) is 58.0. The van der Waals surface area contributed by atoms with E-state index in [9.17, 15) is 19.5 Å². The Balaban J connectivity index is 3.73. The molecular formula is C60H115NO8. The summed E-state index contributed by atoms with van der Waals surface area (Å²) in [4.78, 5) is 36.8. The molecule has 2 unspecified atom stereocenters. The normalized spacial score (nSPS) is 12.8. The number of carboxylic acids is 1. The fourth-order valence-corrected chi connectivity index (χ4v) is 8.89. The Morgan fingerprint density at radius 3 is 1.07 bits per heavy atom. The highest BCUT2D eigenvalue weighted by atomic mass is 16.7. The summed E-state index contributed by atoms with van der Waals surface area (Å²) >= 11 is 0. The van der Waals surface area contributed by atoms with Crippen LogP contribution in [0.2, 0.25) is 0 Å². The fraction of sp³-hybridized carbons (Fsp3) is 0.917. The molecule has 0 aromatic carbocycles. The molecule has 0 spiro atoms. The number of likely N-dealkylation sites (N-methyl/N-ethyl adjacent to an activating group) is 1. The number of esters is 2. The number of rotatable bonds is 56. The van der Waals surface area contributed by atoms with Crippen LogP contribution in [0.25, 0.3) is 0 Å². The third-order valence-corrected chi connectivity index (χ3v) is 13.5. The number of aliphatic carboxylic acids is 1. The Kier molecular flexibility index (Phi) is 50.9. The highest BCUT2D eigenvalue weighted by Crippen LogP contribution is 2.18. The van der Waals surface area contributed by atoms with Gasteiger partial charge in [0, 0.05) is 12.8 Å². The van der Waals surface area contributed by atoms with Gasteiger partial charge in [-0.05, 0) is 38.5 Å². The van der Waals surface area contributed by atoms with Crippen molar-refractivity contribution < 1.29 is 42.9 Å². The van der Waals surface area contributed by atoms with Crippen LogP contribution in [-0.2, 0) is 33.3 Å². The van der Waals surface area contributed by atoms with Crippen LogP contribution in [0.3, 0.4) is 0 Å². The number of ether oxygens (including phenoxy) is 4. The van der Waals surface area contributed by atoms with Crippen LogP contribution in [0.4, 0.5) is 0 Å². The molecule has 9 heteroatoms. The third kappa shape index (κ3) is 53.7. The molecule has 2 atom stereocenters. The first-order valence-electron chi connectivity index (χ1n) is 29.8. The summed E-state index contributed by atoms with van der Waals surface area (Å²) in [6.45, 7) is 4.68. The Bertz CT molecular complexity index is 1140. The number of hydrogen-bond donors (Lipinski definition) is 0. The summed E-state index contributed by atoms with van der Waals surface area (Å²) in [5, 5.41) is 11.7. The van der Waals surface area contributed by atoms with Gasteiger partial charge in [0.1, 0.15) is 13.2 Å². The van der Waals surface area contributed by atoms with E-state index < -0.39 is 24.3 Å². The van der Waals surface area contributed by atoms with Crippen LogP contribution in [0.5, 0.6) is 0 Å². The number of unbranched alkanes of at least 4 members (excludes halogenated alkanes) is 39. The van der Waals surface area contributed by atoms with E-state index in [0.29, 0.717) is 17.4 Å². The van der Waals surface area contributed by atoms with Crippen molar-refractivity contribution in [3.63, 3.8) is 0 Å². The van der Waals surface area contributed by atoms with Gasteiger partial charge in [-0.2, -0.15) is 0 Å². The molecule has 0 radical (unpaired) electrons. The molecule has 408 valence electrons. The molecule has 0 aromatic heterocycles. The van der Waals surface area contributed by atoms with Gasteiger partial charge >= 0.3 is 11.9 Å². The van der Waals surface area contributed by atoms with E-state index in [4.69, 9.17) is 18.9 Å². The van der Waals surface area contributed by atoms with Crippen molar-refractivity contribution in [3.8, 4) is 0 Å². The van der Waals surface area contributed by atoms with Gasteiger partial charge < -0.3 is 33.3 Å². The lowest BCUT2D eigenvalue weighted by Gasteiger charge is -2.26. The summed E-state index contributed by atoms with van der Waals surface area (Å²) in [5.74, 6) is -2.28. The summed E-state index contributed by atoms with van der Waals surface area (Å²) < 4.78 is 22.5. The molecule has 0 heterocycles. The first-order valence-corrected chi connectivity index (χ1v) is 29.8. The van der Waals surface area contributed by atoms with E-state index in [-0.39, 0.29) is 32.2 Å². The maximum Gasteiger partial charge on any atom is 0.306 e. The average molecular weight is 979 g/mol. The average Bonchev–Trinajstić information content (AvgIpc) is 3.31. The van der Waals surface area contributed by atoms with Gasteiger partial charge in [-0.25, -0.2) is 0 Å². The first kappa shape index (κ1) is 67.0.